The van der Waals surface area contributed by atoms with Gasteiger partial charge in [0.1, 0.15) is 34.4 Å². The highest BCUT2D eigenvalue weighted by atomic mass is 32.2. The molecule has 0 radical (unpaired) electrons. The van der Waals surface area contributed by atoms with Crippen molar-refractivity contribution >= 4 is 34.6 Å². The molecule has 43 heavy (non-hydrogen) atoms. The maximum atomic E-state index is 14.6. The fourth-order valence-corrected chi connectivity index (χ4v) is 6.35. The number of ether oxygens (including phenoxy) is 1. The number of alkyl carbamates (subject to hydrolysis) is 1. The summed E-state index contributed by atoms with van der Waals surface area (Å²) in [5.74, 6) is -3.89. The van der Waals surface area contributed by atoms with Gasteiger partial charge in [0.05, 0.1) is 17.4 Å². The van der Waals surface area contributed by atoms with Gasteiger partial charge < -0.3 is 15.4 Å². The monoisotopic (exact) mass is 614 g/mol. The van der Waals surface area contributed by atoms with Crippen LogP contribution in [0.15, 0.2) is 48.8 Å². The van der Waals surface area contributed by atoms with Crippen LogP contribution < -0.4 is 10.6 Å². The molecule has 0 spiro atoms. The molecule has 1 aliphatic carbocycles. The van der Waals surface area contributed by atoms with Crippen molar-refractivity contribution in [2.75, 3.05) is 5.32 Å². The summed E-state index contributed by atoms with van der Waals surface area (Å²) < 4.78 is 48.8. The number of thioether (sulfide) groups is 1. The van der Waals surface area contributed by atoms with Gasteiger partial charge in [-0.25, -0.2) is 22.9 Å². The number of nitrogens with one attached hydrogen (secondary N) is 2. The van der Waals surface area contributed by atoms with E-state index in [-0.39, 0.29) is 27.9 Å². The number of carbonyl (C=O) groups excluding carboxylic acids is 3. The molecule has 0 bridgehead atoms. The van der Waals surface area contributed by atoms with Crippen LogP contribution >= 0.6 is 11.8 Å². The summed E-state index contributed by atoms with van der Waals surface area (Å²) >= 11 is 1.18. The Morgan fingerprint density at radius 1 is 1.00 bits per heavy atom. The van der Waals surface area contributed by atoms with E-state index in [0.29, 0.717) is 18.5 Å². The first-order chi connectivity index (χ1) is 20.2. The third-order valence-corrected chi connectivity index (χ3v) is 8.37. The van der Waals surface area contributed by atoms with Crippen molar-refractivity contribution in [1.29, 1.82) is 0 Å². The third kappa shape index (κ3) is 7.92. The Kier molecular flexibility index (Phi) is 9.79. The van der Waals surface area contributed by atoms with E-state index in [1.807, 2.05) is 6.92 Å². The van der Waals surface area contributed by atoms with Gasteiger partial charge in [-0.15, -0.1) is 0 Å². The van der Waals surface area contributed by atoms with Gasteiger partial charge >= 0.3 is 6.09 Å². The number of aromatic nitrogens is 2. The minimum absolute atomic E-state index is 0.00120. The van der Waals surface area contributed by atoms with Gasteiger partial charge in [-0.3, -0.25) is 14.6 Å². The number of hydrogen-bond acceptors (Lipinski definition) is 7. The topological polar surface area (TPSA) is 110 Å². The van der Waals surface area contributed by atoms with Crippen molar-refractivity contribution in [3.63, 3.8) is 0 Å². The number of carbonyl (C=O) groups is 3. The standard InChI is InChI=1S/C31H33F3N4O4S/c1-16-13-18(14-24(28(16)43-17(2)39)38-30(41)42-31(3,4)5)19-11-12-35-15-25(19)37-29(40)23-10-9-22(34)27(36-23)26-20(32)7-6-8-21(26)33/h6-12,15-16,18,24,28H,13-14H2,1-5H3,(H,37,40)(H,38,41). The van der Waals surface area contributed by atoms with Crippen molar-refractivity contribution in [2.24, 2.45) is 5.92 Å². The van der Waals surface area contributed by atoms with Gasteiger partial charge in [0.2, 0.25) is 0 Å². The van der Waals surface area contributed by atoms with Crippen molar-refractivity contribution in [3.8, 4) is 11.3 Å². The molecule has 2 amide bonds. The highest BCUT2D eigenvalue weighted by molar-refractivity contribution is 8.14. The highest BCUT2D eigenvalue weighted by Gasteiger charge is 2.39. The summed E-state index contributed by atoms with van der Waals surface area (Å²) in [6.07, 6.45) is 3.55. The Morgan fingerprint density at radius 3 is 2.35 bits per heavy atom. The molecule has 4 rings (SSSR count). The van der Waals surface area contributed by atoms with Gasteiger partial charge in [0, 0.05) is 24.4 Å². The lowest BCUT2D eigenvalue weighted by Crippen LogP contribution is -2.50. The summed E-state index contributed by atoms with van der Waals surface area (Å²) in [6.45, 7) is 8.77. The predicted molar refractivity (Wildman–Crippen MR) is 158 cm³/mol. The maximum Gasteiger partial charge on any atom is 0.407 e. The first kappa shape index (κ1) is 32.0. The van der Waals surface area contributed by atoms with Crippen LogP contribution in [0.1, 0.15) is 69.4 Å². The second-order valence-electron chi connectivity index (χ2n) is 11.5. The zero-order valence-electron chi connectivity index (χ0n) is 24.4. The molecule has 0 aliphatic heterocycles. The molecule has 228 valence electrons. The molecule has 12 heteroatoms. The second-order valence-corrected chi connectivity index (χ2v) is 12.9. The maximum absolute atomic E-state index is 14.6. The molecule has 1 saturated carbocycles. The molecule has 0 saturated heterocycles. The summed E-state index contributed by atoms with van der Waals surface area (Å²) in [5.41, 5.74) is -1.16. The van der Waals surface area contributed by atoms with E-state index in [9.17, 15) is 27.6 Å². The summed E-state index contributed by atoms with van der Waals surface area (Å²) in [6, 6.07) is 6.49. The van der Waals surface area contributed by atoms with Gasteiger partial charge in [0.15, 0.2) is 5.12 Å². The number of benzene rings is 1. The van der Waals surface area contributed by atoms with Crippen LogP contribution in [0.5, 0.6) is 0 Å². The number of rotatable bonds is 6. The Balaban J connectivity index is 1.60. The smallest absolute Gasteiger partial charge is 0.407 e. The fraction of sp³-hybridized carbons (Fsp3) is 0.387. The number of nitrogens with zero attached hydrogens (tertiary/aromatic N) is 2. The van der Waals surface area contributed by atoms with Crippen LogP contribution in [0.4, 0.5) is 23.7 Å². The van der Waals surface area contributed by atoms with E-state index in [1.165, 1.54) is 24.9 Å². The van der Waals surface area contributed by atoms with Crippen LogP contribution in [0, 0.1) is 23.4 Å². The largest absolute Gasteiger partial charge is 0.444 e. The number of pyridine rings is 2. The molecule has 3 aromatic rings. The SMILES string of the molecule is CC(=O)SC1C(C)CC(c2ccncc2NC(=O)c2ccc(F)c(-c3c(F)cccc3F)n2)CC1NC(=O)OC(C)(C)C. The van der Waals surface area contributed by atoms with Gasteiger partial charge in [0.25, 0.3) is 5.91 Å². The molecule has 2 aromatic heterocycles. The van der Waals surface area contributed by atoms with E-state index < -0.39 is 52.4 Å². The minimum Gasteiger partial charge on any atom is -0.444 e. The first-order valence-corrected chi connectivity index (χ1v) is 14.6. The molecule has 1 aliphatic rings. The molecule has 2 heterocycles. The Bertz CT molecular complexity index is 1510. The Morgan fingerprint density at radius 2 is 1.70 bits per heavy atom. The van der Waals surface area contributed by atoms with Crippen LogP contribution in [0.3, 0.4) is 0 Å². The third-order valence-electron chi connectivity index (χ3n) is 6.98. The Hall–Kier alpha value is -3.93. The van der Waals surface area contributed by atoms with Crippen molar-refractivity contribution in [3.05, 3.63) is 77.5 Å². The van der Waals surface area contributed by atoms with E-state index in [4.69, 9.17) is 4.74 Å². The lowest BCUT2D eigenvalue weighted by atomic mass is 9.75. The van der Waals surface area contributed by atoms with E-state index in [1.54, 1.807) is 33.0 Å². The molecular formula is C31H33F3N4O4S. The number of amides is 2. The van der Waals surface area contributed by atoms with Crippen molar-refractivity contribution in [2.45, 2.75) is 70.3 Å². The molecule has 4 unspecified atom stereocenters. The Labute approximate surface area is 252 Å². The minimum atomic E-state index is -1.01. The lowest BCUT2D eigenvalue weighted by molar-refractivity contribution is -0.109. The molecule has 1 aromatic carbocycles. The summed E-state index contributed by atoms with van der Waals surface area (Å²) in [7, 11) is 0. The van der Waals surface area contributed by atoms with Crippen molar-refractivity contribution < 1.29 is 32.3 Å². The van der Waals surface area contributed by atoms with Crippen LogP contribution in [0.25, 0.3) is 11.3 Å². The molecule has 8 nitrogen and oxygen atoms in total. The number of hydrogen-bond donors (Lipinski definition) is 2. The summed E-state index contributed by atoms with van der Waals surface area (Å²) in [5, 5.41) is 5.43. The van der Waals surface area contributed by atoms with Crippen LogP contribution in [0.2, 0.25) is 0 Å². The fourth-order valence-electron chi connectivity index (χ4n) is 5.28. The van der Waals surface area contributed by atoms with E-state index in [0.717, 1.165) is 35.9 Å². The number of anilines is 1. The van der Waals surface area contributed by atoms with Crippen LogP contribution in [-0.2, 0) is 9.53 Å². The molecular weight excluding hydrogens is 581 g/mol. The van der Waals surface area contributed by atoms with Crippen molar-refractivity contribution in [1.82, 2.24) is 15.3 Å². The molecule has 2 N–H and O–H groups in total. The lowest BCUT2D eigenvalue weighted by Gasteiger charge is -2.40. The van der Waals surface area contributed by atoms with Gasteiger partial charge in [-0.05, 0) is 81.3 Å². The quantitative estimate of drug-likeness (QED) is 0.312. The number of halogens is 3. The average molecular weight is 615 g/mol. The molecule has 4 atom stereocenters. The normalized spacial score (nSPS) is 20.3. The zero-order chi connectivity index (χ0) is 31.5. The average Bonchev–Trinajstić information content (AvgIpc) is 2.90. The highest BCUT2D eigenvalue weighted by Crippen LogP contribution is 2.43. The van der Waals surface area contributed by atoms with E-state index >= 15 is 0 Å². The summed E-state index contributed by atoms with van der Waals surface area (Å²) in [4.78, 5) is 46.1. The zero-order valence-corrected chi connectivity index (χ0v) is 25.2. The predicted octanol–water partition coefficient (Wildman–Crippen LogP) is 6.87. The second kappa shape index (κ2) is 13.2. The van der Waals surface area contributed by atoms with Crippen LogP contribution in [-0.4, -0.2) is 44.0 Å². The van der Waals surface area contributed by atoms with Gasteiger partial charge in [-0.1, -0.05) is 24.8 Å². The van der Waals surface area contributed by atoms with Gasteiger partial charge in [-0.2, -0.15) is 0 Å². The first-order valence-electron chi connectivity index (χ1n) is 13.8. The molecule has 1 fully saturated rings. The van der Waals surface area contributed by atoms with E-state index in [2.05, 4.69) is 20.6 Å².